The second-order valence-corrected chi connectivity index (χ2v) is 5.64. The molecule has 0 radical (unpaired) electrons. The van der Waals surface area contributed by atoms with E-state index in [1.165, 1.54) is 0 Å². The molecule has 3 nitrogen and oxygen atoms in total. The van der Waals surface area contributed by atoms with Gasteiger partial charge in [0.1, 0.15) is 0 Å². The molecule has 0 aromatic heterocycles. The summed E-state index contributed by atoms with van der Waals surface area (Å²) in [6.07, 6.45) is 3.31. The van der Waals surface area contributed by atoms with Gasteiger partial charge < -0.3 is 10.2 Å². The molecule has 3 heteroatoms. The van der Waals surface area contributed by atoms with Gasteiger partial charge in [-0.05, 0) is 37.8 Å². The maximum Gasteiger partial charge on any atom is 0.251 e. The van der Waals surface area contributed by atoms with Gasteiger partial charge >= 0.3 is 0 Å². The molecule has 4 rings (SSSR count). The minimum Gasteiger partial charge on any atom is -0.346 e. The van der Waals surface area contributed by atoms with E-state index in [0.29, 0.717) is 0 Å². The summed E-state index contributed by atoms with van der Waals surface area (Å²) in [6, 6.07) is 7.82. The minimum absolute atomic E-state index is 0.0636. The molecule has 0 atom stereocenters. The highest BCUT2D eigenvalue weighted by atomic mass is 16.1. The third-order valence-corrected chi connectivity index (χ3v) is 4.49. The second kappa shape index (κ2) is 4.39. The number of carbonyl (C=O) groups excluding carboxylic acids is 1. The molecule has 1 aromatic rings. The Morgan fingerprint density at radius 2 is 1.78 bits per heavy atom. The van der Waals surface area contributed by atoms with Crippen LogP contribution in [0.4, 0.5) is 0 Å². The highest BCUT2D eigenvalue weighted by molar-refractivity contribution is 5.96. The highest BCUT2D eigenvalue weighted by Gasteiger charge is 2.40. The monoisotopic (exact) mass is 244 g/mol. The van der Waals surface area contributed by atoms with Gasteiger partial charge in [-0.25, -0.2) is 0 Å². The summed E-state index contributed by atoms with van der Waals surface area (Å²) >= 11 is 0. The SMILES string of the molecule is Cc1ccccc1C(=O)NC12CCN(CC1)CC2. The van der Waals surface area contributed by atoms with Crippen LogP contribution in [0.2, 0.25) is 0 Å². The number of amides is 1. The largest absolute Gasteiger partial charge is 0.346 e. The standard InChI is InChI=1S/C15H20N2O/c1-12-4-2-3-5-13(12)14(18)16-15-6-9-17(10-7-15)11-8-15/h2-5H,6-11H2,1H3,(H,16,18). The lowest BCUT2D eigenvalue weighted by molar-refractivity contribution is 0.0515. The number of carbonyl (C=O) groups is 1. The Hall–Kier alpha value is -1.35. The predicted octanol–water partition coefficient (Wildman–Crippen LogP) is 1.96. The summed E-state index contributed by atoms with van der Waals surface area (Å²) in [5, 5.41) is 3.31. The van der Waals surface area contributed by atoms with Gasteiger partial charge in [-0.3, -0.25) is 4.79 Å². The average molecular weight is 244 g/mol. The number of rotatable bonds is 2. The van der Waals surface area contributed by atoms with Gasteiger partial charge in [0.2, 0.25) is 0 Å². The van der Waals surface area contributed by atoms with Crippen LogP contribution in [-0.2, 0) is 0 Å². The molecule has 0 spiro atoms. The van der Waals surface area contributed by atoms with E-state index in [0.717, 1.165) is 50.0 Å². The summed E-state index contributed by atoms with van der Waals surface area (Å²) in [7, 11) is 0. The van der Waals surface area contributed by atoms with Gasteiger partial charge in [-0.2, -0.15) is 0 Å². The minimum atomic E-state index is 0.0636. The van der Waals surface area contributed by atoms with Gasteiger partial charge in [0.25, 0.3) is 5.91 Å². The zero-order valence-corrected chi connectivity index (χ0v) is 10.9. The van der Waals surface area contributed by atoms with Crippen molar-refractivity contribution in [3.05, 3.63) is 35.4 Å². The van der Waals surface area contributed by atoms with E-state index in [-0.39, 0.29) is 11.4 Å². The van der Waals surface area contributed by atoms with E-state index >= 15 is 0 Å². The zero-order chi connectivity index (χ0) is 12.6. The third kappa shape index (κ3) is 2.03. The number of benzene rings is 1. The van der Waals surface area contributed by atoms with E-state index < -0.39 is 0 Å². The molecule has 0 aliphatic carbocycles. The molecule has 2 bridgehead atoms. The van der Waals surface area contributed by atoms with Crippen LogP contribution in [0.25, 0.3) is 0 Å². The van der Waals surface area contributed by atoms with Gasteiger partial charge in [0.15, 0.2) is 0 Å². The van der Waals surface area contributed by atoms with Crippen molar-refractivity contribution in [3.63, 3.8) is 0 Å². The Labute approximate surface area is 108 Å². The molecule has 1 aromatic carbocycles. The number of hydrogen-bond acceptors (Lipinski definition) is 2. The fraction of sp³-hybridized carbons (Fsp3) is 0.533. The first-order chi connectivity index (χ1) is 8.69. The van der Waals surface area contributed by atoms with Gasteiger partial charge in [0.05, 0.1) is 0 Å². The summed E-state index contributed by atoms with van der Waals surface area (Å²) in [6.45, 7) is 5.40. The Kier molecular flexibility index (Phi) is 2.86. The maximum absolute atomic E-state index is 12.4. The number of hydrogen-bond donors (Lipinski definition) is 1. The Morgan fingerprint density at radius 1 is 1.17 bits per heavy atom. The third-order valence-electron chi connectivity index (χ3n) is 4.49. The average Bonchev–Trinajstić information content (AvgIpc) is 2.40. The van der Waals surface area contributed by atoms with E-state index in [2.05, 4.69) is 10.2 Å². The number of nitrogens with one attached hydrogen (secondary N) is 1. The van der Waals surface area contributed by atoms with Crippen LogP contribution < -0.4 is 5.32 Å². The quantitative estimate of drug-likeness (QED) is 0.862. The van der Waals surface area contributed by atoms with Crippen LogP contribution in [-0.4, -0.2) is 36.0 Å². The molecular weight excluding hydrogens is 224 g/mol. The first-order valence-corrected chi connectivity index (χ1v) is 6.79. The van der Waals surface area contributed by atoms with Crippen molar-refractivity contribution in [2.45, 2.75) is 31.7 Å². The van der Waals surface area contributed by atoms with E-state index in [1.54, 1.807) is 0 Å². The van der Waals surface area contributed by atoms with E-state index in [4.69, 9.17) is 0 Å². The Balaban J connectivity index is 1.76. The molecule has 96 valence electrons. The first kappa shape index (κ1) is 11.7. The van der Waals surface area contributed by atoms with Crippen molar-refractivity contribution >= 4 is 5.91 Å². The van der Waals surface area contributed by atoms with E-state index in [1.807, 2.05) is 31.2 Å². The number of fused-ring (bicyclic) bond motifs is 3. The van der Waals surface area contributed by atoms with Gasteiger partial charge in [-0.1, -0.05) is 18.2 Å². The van der Waals surface area contributed by atoms with Crippen molar-refractivity contribution in [2.75, 3.05) is 19.6 Å². The molecule has 0 saturated carbocycles. The number of piperidine rings is 3. The van der Waals surface area contributed by atoms with Gasteiger partial charge in [-0.15, -0.1) is 0 Å². The van der Waals surface area contributed by atoms with E-state index in [9.17, 15) is 4.79 Å². The molecule has 3 heterocycles. The fourth-order valence-corrected chi connectivity index (χ4v) is 3.15. The molecule has 0 unspecified atom stereocenters. The Morgan fingerprint density at radius 3 is 2.39 bits per heavy atom. The molecule has 3 aliphatic rings. The normalized spacial score (nSPS) is 30.2. The highest BCUT2D eigenvalue weighted by Crippen LogP contribution is 2.32. The summed E-state index contributed by atoms with van der Waals surface area (Å²) < 4.78 is 0. The number of nitrogens with zero attached hydrogens (tertiary/aromatic N) is 1. The molecule has 1 amide bonds. The molecule has 1 N–H and O–H groups in total. The van der Waals surface area contributed by atoms with Crippen molar-refractivity contribution < 1.29 is 4.79 Å². The van der Waals surface area contributed by atoms with Gasteiger partial charge in [0, 0.05) is 30.7 Å². The lowest BCUT2D eigenvalue weighted by Crippen LogP contribution is -2.61. The molecule has 18 heavy (non-hydrogen) atoms. The van der Waals surface area contributed by atoms with Crippen molar-refractivity contribution in [1.29, 1.82) is 0 Å². The number of aryl methyl sites for hydroxylation is 1. The summed E-state index contributed by atoms with van der Waals surface area (Å²) in [4.78, 5) is 14.9. The van der Waals surface area contributed by atoms with Crippen LogP contribution in [0.1, 0.15) is 35.2 Å². The van der Waals surface area contributed by atoms with Crippen LogP contribution in [0, 0.1) is 6.92 Å². The fourth-order valence-electron chi connectivity index (χ4n) is 3.15. The summed E-state index contributed by atoms with van der Waals surface area (Å²) in [5.41, 5.74) is 1.94. The molecule has 3 saturated heterocycles. The topological polar surface area (TPSA) is 32.3 Å². The first-order valence-electron chi connectivity index (χ1n) is 6.79. The van der Waals surface area contributed by atoms with Crippen molar-refractivity contribution in [2.24, 2.45) is 0 Å². The maximum atomic E-state index is 12.4. The summed E-state index contributed by atoms with van der Waals surface area (Å²) in [5.74, 6) is 0.100. The van der Waals surface area contributed by atoms with Crippen LogP contribution >= 0.6 is 0 Å². The van der Waals surface area contributed by atoms with Crippen molar-refractivity contribution in [3.8, 4) is 0 Å². The molecule has 3 fully saturated rings. The lowest BCUT2D eigenvalue weighted by Gasteiger charge is -2.48. The molecule has 3 aliphatic heterocycles. The van der Waals surface area contributed by atoms with Crippen LogP contribution in [0.5, 0.6) is 0 Å². The van der Waals surface area contributed by atoms with Crippen molar-refractivity contribution in [1.82, 2.24) is 10.2 Å². The molecular formula is C15H20N2O. The van der Waals surface area contributed by atoms with Crippen LogP contribution in [0.3, 0.4) is 0 Å². The predicted molar refractivity (Wildman–Crippen MR) is 71.7 cm³/mol. The smallest absolute Gasteiger partial charge is 0.251 e. The Bertz CT molecular complexity index is 448. The zero-order valence-electron chi connectivity index (χ0n) is 10.9. The van der Waals surface area contributed by atoms with Crippen LogP contribution in [0.15, 0.2) is 24.3 Å². The second-order valence-electron chi connectivity index (χ2n) is 5.64. The lowest BCUT2D eigenvalue weighted by atomic mass is 9.79.